The Kier molecular flexibility index (Phi) is 4.50. The Balaban J connectivity index is 1.29. The molecule has 2 aliphatic carbocycles. The van der Waals surface area contributed by atoms with Gasteiger partial charge in [0, 0.05) is 4.88 Å². The minimum Gasteiger partial charge on any atom is -0.457 e. The minimum atomic E-state index is -0.464. The summed E-state index contributed by atoms with van der Waals surface area (Å²) in [6.45, 7) is 2.19. The standard InChI is InChI=1S/C26H22N2O3S/c1-14-10-11-19-20(12-14)32-25-23(19)24(29)27-21(28-25)13-31-26(30)22-17-8-4-2-6-15(17)16-7-3-5-9-18(16)22/h2-9,14,22H,10-13H2,1H3,(H,27,28,29). The molecule has 2 aromatic carbocycles. The second kappa shape index (κ2) is 7.41. The first-order valence-electron chi connectivity index (χ1n) is 11.0. The van der Waals surface area contributed by atoms with Crippen molar-refractivity contribution in [2.45, 2.75) is 38.7 Å². The number of H-pyrrole nitrogens is 1. The number of hydrogen-bond donors (Lipinski definition) is 1. The number of rotatable bonds is 3. The van der Waals surface area contributed by atoms with Crippen molar-refractivity contribution in [3.05, 3.63) is 86.3 Å². The van der Waals surface area contributed by atoms with Crippen LogP contribution >= 0.6 is 11.3 Å². The van der Waals surface area contributed by atoms with Gasteiger partial charge in [0.1, 0.15) is 23.2 Å². The van der Waals surface area contributed by atoms with E-state index in [1.165, 1.54) is 4.88 Å². The fourth-order valence-electron chi connectivity index (χ4n) is 5.09. The molecule has 0 bridgehead atoms. The molecule has 0 radical (unpaired) electrons. The van der Waals surface area contributed by atoms with Crippen molar-refractivity contribution in [1.29, 1.82) is 0 Å². The van der Waals surface area contributed by atoms with Crippen molar-refractivity contribution in [2.24, 2.45) is 5.92 Å². The summed E-state index contributed by atoms with van der Waals surface area (Å²) >= 11 is 1.60. The van der Waals surface area contributed by atoms with Gasteiger partial charge in [0.2, 0.25) is 0 Å². The van der Waals surface area contributed by atoms with E-state index in [2.05, 4.69) is 16.9 Å². The molecule has 0 saturated heterocycles. The third-order valence-electron chi connectivity index (χ3n) is 6.64. The number of thiophene rings is 1. The highest BCUT2D eigenvalue weighted by atomic mass is 32.1. The van der Waals surface area contributed by atoms with Gasteiger partial charge in [-0.1, -0.05) is 55.5 Å². The number of aromatic amines is 1. The third kappa shape index (κ3) is 3.01. The number of aromatic nitrogens is 2. The zero-order valence-corrected chi connectivity index (χ0v) is 18.5. The van der Waals surface area contributed by atoms with Gasteiger partial charge in [-0.25, -0.2) is 4.98 Å². The lowest BCUT2D eigenvalue weighted by Crippen LogP contribution is -2.18. The number of aryl methyl sites for hydroxylation is 1. The van der Waals surface area contributed by atoms with Crippen molar-refractivity contribution in [1.82, 2.24) is 9.97 Å². The third-order valence-corrected chi connectivity index (χ3v) is 7.78. The number of ether oxygens (including phenoxy) is 1. The van der Waals surface area contributed by atoms with Crippen LogP contribution in [0, 0.1) is 5.92 Å². The van der Waals surface area contributed by atoms with Crippen LogP contribution in [0.4, 0.5) is 0 Å². The molecule has 1 unspecified atom stereocenters. The minimum absolute atomic E-state index is 0.0518. The van der Waals surface area contributed by atoms with Crippen LogP contribution in [-0.2, 0) is 29.0 Å². The van der Waals surface area contributed by atoms with E-state index >= 15 is 0 Å². The van der Waals surface area contributed by atoms with Gasteiger partial charge in [-0.2, -0.15) is 0 Å². The van der Waals surface area contributed by atoms with Crippen LogP contribution < -0.4 is 5.56 Å². The molecule has 5 nitrogen and oxygen atoms in total. The monoisotopic (exact) mass is 442 g/mol. The summed E-state index contributed by atoms with van der Waals surface area (Å²) in [6.07, 6.45) is 3.03. The predicted molar refractivity (Wildman–Crippen MR) is 125 cm³/mol. The Hall–Kier alpha value is -3.25. The van der Waals surface area contributed by atoms with Crippen LogP contribution in [0.25, 0.3) is 21.3 Å². The number of fused-ring (bicyclic) bond motifs is 6. The Labute approximate surface area is 189 Å². The van der Waals surface area contributed by atoms with Crippen LogP contribution in [0.3, 0.4) is 0 Å². The van der Waals surface area contributed by atoms with E-state index < -0.39 is 5.92 Å². The maximum Gasteiger partial charge on any atom is 0.318 e. The van der Waals surface area contributed by atoms with E-state index in [4.69, 9.17) is 4.74 Å². The molecular formula is C26H22N2O3S. The highest BCUT2D eigenvalue weighted by Crippen LogP contribution is 2.45. The van der Waals surface area contributed by atoms with E-state index in [1.807, 2.05) is 48.5 Å². The Morgan fingerprint density at radius 2 is 1.81 bits per heavy atom. The molecule has 4 aromatic rings. The predicted octanol–water partition coefficient (Wildman–Crippen LogP) is 4.97. The second-order valence-electron chi connectivity index (χ2n) is 8.76. The molecule has 32 heavy (non-hydrogen) atoms. The van der Waals surface area contributed by atoms with E-state index in [0.717, 1.165) is 51.9 Å². The first-order valence-corrected chi connectivity index (χ1v) is 11.8. The lowest BCUT2D eigenvalue weighted by atomic mass is 9.89. The molecule has 6 rings (SSSR count). The summed E-state index contributed by atoms with van der Waals surface area (Å²) in [5.41, 5.74) is 5.06. The molecule has 160 valence electrons. The summed E-state index contributed by atoms with van der Waals surface area (Å²) in [6, 6.07) is 15.9. The van der Waals surface area contributed by atoms with Gasteiger partial charge < -0.3 is 9.72 Å². The number of esters is 1. The quantitative estimate of drug-likeness (QED) is 0.455. The van der Waals surface area contributed by atoms with Gasteiger partial charge in [-0.3, -0.25) is 9.59 Å². The van der Waals surface area contributed by atoms with Crippen LogP contribution in [0.15, 0.2) is 53.3 Å². The van der Waals surface area contributed by atoms with Crippen LogP contribution in [0.5, 0.6) is 0 Å². The first-order chi connectivity index (χ1) is 15.6. The maximum atomic E-state index is 13.1. The Morgan fingerprint density at radius 3 is 2.53 bits per heavy atom. The summed E-state index contributed by atoms with van der Waals surface area (Å²) < 4.78 is 5.68. The van der Waals surface area contributed by atoms with Gasteiger partial charge in [0.25, 0.3) is 5.56 Å². The van der Waals surface area contributed by atoms with Gasteiger partial charge in [0.15, 0.2) is 0 Å². The number of carbonyl (C=O) groups is 1. The topological polar surface area (TPSA) is 72.0 Å². The smallest absolute Gasteiger partial charge is 0.318 e. The summed E-state index contributed by atoms with van der Waals surface area (Å²) in [4.78, 5) is 35.5. The van der Waals surface area contributed by atoms with E-state index in [9.17, 15) is 9.59 Å². The molecule has 0 fully saturated rings. The van der Waals surface area contributed by atoms with Gasteiger partial charge in [0.05, 0.1) is 5.39 Å². The summed E-state index contributed by atoms with van der Waals surface area (Å²) in [5.74, 6) is 0.229. The molecule has 2 aromatic heterocycles. The molecule has 0 aliphatic heterocycles. The SMILES string of the molecule is CC1CCc2c(sc3nc(COC(=O)C4c5ccccc5-c5ccccc54)[nH]c(=O)c23)C1. The average Bonchev–Trinajstić information content (AvgIpc) is 3.33. The van der Waals surface area contributed by atoms with Crippen molar-refractivity contribution in [2.75, 3.05) is 0 Å². The van der Waals surface area contributed by atoms with Crippen LogP contribution in [-0.4, -0.2) is 15.9 Å². The van der Waals surface area contributed by atoms with Crippen LogP contribution in [0.1, 0.15) is 46.7 Å². The van der Waals surface area contributed by atoms with E-state index in [0.29, 0.717) is 17.1 Å². The highest BCUT2D eigenvalue weighted by molar-refractivity contribution is 7.18. The van der Waals surface area contributed by atoms with E-state index in [1.54, 1.807) is 11.3 Å². The van der Waals surface area contributed by atoms with Gasteiger partial charge in [-0.05, 0) is 53.0 Å². The molecular weight excluding hydrogens is 420 g/mol. The first kappa shape index (κ1) is 19.4. The summed E-state index contributed by atoms with van der Waals surface area (Å²) in [7, 11) is 0. The summed E-state index contributed by atoms with van der Waals surface area (Å²) in [5, 5.41) is 0.714. The maximum absolute atomic E-state index is 13.1. The fraction of sp³-hybridized carbons (Fsp3) is 0.269. The number of benzene rings is 2. The Bertz CT molecular complexity index is 1390. The number of carbonyl (C=O) groups excluding carboxylic acids is 1. The van der Waals surface area contributed by atoms with Gasteiger partial charge >= 0.3 is 5.97 Å². The lowest BCUT2D eigenvalue weighted by molar-refractivity contribution is -0.145. The zero-order valence-electron chi connectivity index (χ0n) is 17.7. The molecule has 0 amide bonds. The van der Waals surface area contributed by atoms with Gasteiger partial charge in [-0.15, -0.1) is 11.3 Å². The number of hydrogen-bond acceptors (Lipinski definition) is 5. The number of nitrogens with zero attached hydrogens (tertiary/aromatic N) is 1. The molecule has 0 spiro atoms. The average molecular weight is 443 g/mol. The molecule has 2 aliphatic rings. The van der Waals surface area contributed by atoms with Crippen molar-refractivity contribution in [3.63, 3.8) is 0 Å². The second-order valence-corrected chi connectivity index (χ2v) is 9.84. The number of nitrogens with one attached hydrogen (secondary N) is 1. The zero-order chi connectivity index (χ0) is 21.8. The fourth-order valence-corrected chi connectivity index (χ4v) is 6.50. The molecule has 1 atom stereocenters. The van der Waals surface area contributed by atoms with E-state index in [-0.39, 0.29) is 18.1 Å². The Morgan fingerprint density at radius 1 is 1.12 bits per heavy atom. The van der Waals surface area contributed by atoms with Crippen molar-refractivity contribution < 1.29 is 9.53 Å². The largest absolute Gasteiger partial charge is 0.457 e. The van der Waals surface area contributed by atoms with Crippen molar-refractivity contribution in [3.8, 4) is 11.1 Å². The van der Waals surface area contributed by atoms with Crippen molar-refractivity contribution >= 4 is 27.5 Å². The van der Waals surface area contributed by atoms with Crippen LogP contribution in [0.2, 0.25) is 0 Å². The molecule has 1 N–H and O–H groups in total. The molecule has 2 heterocycles. The molecule has 0 saturated carbocycles. The lowest BCUT2D eigenvalue weighted by Gasteiger charge is -2.17. The molecule has 6 heteroatoms. The normalized spacial score (nSPS) is 17.1. The highest BCUT2D eigenvalue weighted by Gasteiger charge is 2.34.